The number of hydrogen-bond acceptors (Lipinski definition) is 6. The van der Waals surface area contributed by atoms with Gasteiger partial charge in [0.2, 0.25) is 0 Å². The Labute approximate surface area is 152 Å². The van der Waals surface area contributed by atoms with Crippen molar-refractivity contribution in [1.82, 2.24) is 4.90 Å². The van der Waals surface area contributed by atoms with Crippen molar-refractivity contribution in [1.29, 1.82) is 0 Å². The molecule has 0 saturated carbocycles. The molecule has 1 aliphatic carbocycles. The minimum absolute atomic E-state index is 0.214. The van der Waals surface area contributed by atoms with Gasteiger partial charge in [-0.05, 0) is 37.9 Å². The van der Waals surface area contributed by atoms with Gasteiger partial charge in [0.15, 0.2) is 0 Å². The summed E-state index contributed by atoms with van der Waals surface area (Å²) in [4.78, 5) is 15.1. The van der Waals surface area contributed by atoms with Gasteiger partial charge < -0.3 is 20.3 Å². The third-order valence-electron chi connectivity index (χ3n) is 7.18. The number of para-hydroxylation sites is 1. The largest absolute Gasteiger partial charge is 0.466 e. The Bertz CT molecular complexity index is 835. The van der Waals surface area contributed by atoms with Crippen LogP contribution in [0.4, 0.5) is 5.69 Å². The molecule has 4 aliphatic rings. The Morgan fingerprint density at radius 3 is 2.92 bits per heavy atom. The van der Waals surface area contributed by atoms with Crippen LogP contribution in [0.15, 0.2) is 35.5 Å². The summed E-state index contributed by atoms with van der Waals surface area (Å²) in [5.41, 5.74) is 2.01. The van der Waals surface area contributed by atoms with E-state index in [-0.39, 0.29) is 11.5 Å². The molecule has 5 atom stereocenters. The molecule has 1 aromatic carbocycles. The Morgan fingerprint density at radius 2 is 2.19 bits per heavy atom. The summed E-state index contributed by atoms with van der Waals surface area (Å²) < 4.78 is 5.12. The Kier molecular flexibility index (Phi) is 3.19. The molecule has 6 nitrogen and oxygen atoms in total. The number of carbonyl (C=O) groups is 1. The maximum Gasteiger partial charge on any atom is 0.335 e. The molecular formula is C20H24N2O4. The number of esters is 1. The van der Waals surface area contributed by atoms with E-state index in [9.17, 15) is 15.0 Å². The smallest absolute Gasteiger partial charge is 0.335 e. The lowest BCUT2D eigenvalue weighted by Crippen LogP contribution is -2.66. The highest BCUT2D eigenvalue weighted by Crippen LogP contribution is 2.62. The first kappa shape index (κ1) is 16.3. The van der Waals surface area contributed by atoms with Crippen LogP contribution in [0.2, 0.25) is 0 Å². The molecule has 138 valence electrons. The monoisotopic (exact) mass is 356 g/mol. The van der Waals surface area contributed by atoms with Gasteiger partial charge in [0.05, 0.1) is 24.2 Å². The first-order valence-corrected chi connectivity index (χ1v) is 9.27. The molecule has 2 bridgehead atoms. The Hall–Kier alpha value is -1.89. The third kappa shape index (κ3) is 1.70. The van der Waals surface area contributed by atoms with Gasteiger partial charge in [-0.25, -0.2) is 4.79 Å². The zero-order chi connectivity index (χ0) is 18.3. The second-order valence-electron chi connectivity index (χ2n) is 8.11. The number of fused-ring (bicyclic) bond motifs is 2. The Morgan fingerprint density at radius 1 is 1.42 bits per heavy atom. The van der Waals surface area contributed by atoms with E-state index >= 15 is 0 Å². The molecule has 5 rings (SSSR count). The predicted molar refractivity (Wildman–Crippen MR) is 95.5 cm³/mol. The van der Waals surface area contributed by atoms with E-state index in [0.717, 1.165) is 24.4 Å². The van der Waals surface area contributed by atoms with E-state index < -0.39 is 23.6 Å². The minimum atomic E-state index is -1.36. The molecule has 0 radical (unpaired) electrons. The topological polar surface area (TPSA) is 82.0 Å². The van der Waals surface area contributed by atoms with Crippen LogP contribution in [0.1, 0.15) is 25.3 Å². The summed E-state index contributed by atoms with van der Waals surface area (Å²) in [6, 6.07) is 8.43. The normalized spacial score (nSPS) is 38.5. The van der Waals surface area contributed by atoms with Crippen molar-refractivity contribution in [3.63, 3.8) is 0 Å². The average molecular weight is 356 g/mol. The third-order valence-corrected chi connectivity index (χ3v) is 7.18. The molecule has 1 spiro atoms. The highest BCUT2D eigenvalue weighted by molar-refractivity contribution is 5.94. The minimum Gasteiger partial charge on any atom is -0.466 e. The van der Waals surface area contributed by atoms with Crippen LogP contribution in [0.3, 0.4) is 0 Å². The van der Waals surface area contributed by atoms with Crippen molar-refractivity contribution in [2.45, 2.75) is 42.9 Å². The number of aliphatic hydroxyl groups is 2. The van der Waals surface area contributed by atoms with Crippen molar-refractivity contribution in [3.8, 4) is 0 Å². The number of nitrogens with one attached hydrogen (secondary N) is 1. The standard InChI is InChI=1S/C20H24N2O4/c1-11(23)20(25)10-22-8-7-19-12-5-3-4-6-14(12)21-17(19)16(18(24)26-2)13(20)9-15(19)22/h3-6,11,13,15,21,23,25H,7-10H2,1-2H3/t11-,13+,15-,19?,20+/m0/s1. The number of hydrogen-bond donors (Lipinski definition) is 3. The molecule has 6 heteroatoms. The molecule has 0 aromatic heterocycles. The molecular weight excluding hydrogens is 332 g/mol. The van der Waals surface area contributed by atoms with Crippen molar-refractivity contribution in [2.24, 2.45) is 5.92 Å². The number of methoxy groups -OCH3 is 1. The maximum atomic E-state index is 12.8. The van der Waals surface area contributed by atoms with Gasteiger partial charge in [-0.3, -0.25) is 4.90 Å². The number of aliphatic hydroxyl groups excluding tert-OH is 1. The first-order chi connectivity index (χ1) is 12.4. The lowest BCUT2D eigenvalue weighted by atomic mass is 9.58. The van der Waals surface area contributed by atoms with Crippen LogP contribution in [-0.4, -0.2) is 59.0 Å². The van der Waals surface area contributed by atoms with Crippen molar-refractivity contribution >= 4 is 11.7 Å². The van der Waals surface area contributed by atoms with Crippen molar-refractivity contribution in [2.75, 3.05) is 25.5 Å². The van der Waals surface area contributed by atoms with E-state index in [1.807, 2.05) is 18.2 Å². The van der Waals surface area contributed by atoms with Crippen molar-refractivity contribution in [3.05, 3.63) is 41.1 Å². The summed E-state index contributed by atoms with van der Waals surface area (Å²) in [7, 11) is 1.38. The summed E-state index contributed by atoms with van der Waals surface area (Å²) in [6.45, 7) is 2.81. The molecule has 2 saturated heterocycles. The Balaban J connectivity index is 1.80. The molecule has 1 unspecified atom stereocenters. The van der Waals surface area contributed by atoms with Gasteiger partial charge in [-0.1, -0.05) is 18.2 Å². The van der Waals surface area contributed by atoms with Crippen LogP contribution in [-0.2, 0) is 14.9 Å². The van der Waals surface area contributed by atoms with Crippen LogP contribution in [0, 0.1) is 5.92 Å². The number of benzene rings is 1. The van der Waals surface area contributed by atoms with Crippen molar-refractivity contribution < 1.29 is 19.7 Å². The second kappa shape index (κ2) is 5.09. The van der Waals surface area contributed by atoms with Crippen LogP contribution >= 0.6 is 0 Å². The van der Waals surface area contributed by atoms with Gasteiger partial charge in [-0.2, -0.15) is 0 Å². The number of ether oxygens (including phenoxy) is 1. The molecule has 1 aromatic rings. The van der Waals surface area contributed by atoms with Gasteiger partial charge in [0.1, 0.15) is 5.60 Å². The zero-order valence-corrected chi connectivity index (χ0v) is 15.0. The second-order valence-corrected chi connectivity index (χ2v) is 8.11. The molecule has 0 amide bonds. The molecule has 2 fully saturated rings. The number of anilines is 1. The van der Waals surface area contributed by atoms with Crippen LogP contribution in [0.25, 0.3) is 0 Å². The fraction of sp³-hybridized carbons (Fsp3) is 0.550. The van der Waals surface area contributed by atoms with Gasteiger partial charge in [0, 0.05) is 29.9 Å². The lowest BCUT2D eigenvalue weighted by Gasteiger charge is -2.54. The van der Waals surface area contributed by atoms with E-state index in [1.165, 1.54) is 12.7 Å². The maximum absolute atomic E-state index is 12.8. The van der Waals surface area contributed by atoms with E-state index in [0.29, 0.717) is 18.5 Å². The van der Waals surface area contributed by atoms with Crippen LogP contribution in [0.5, 0.6) is 0 Å². The quantitative estimate of drug-likeness (QED) is 0.686. The summed E-state index contributed by atoms with van der Waals surface area (Å²) in [6.07, 6.45) is 0.594. The van der Waals surface area contributed by atoms with E-state index in [1.54, 1.807) is 6.92 Å². The highest BCUT2D eigenvalue weighted by atomic mass is 16.5. The van der Waals surface area contributed by atoms with Gasteiger partial charge in [-0.15, -0.1) is 0 Å². The summed E-state index contributed by atoms with van der Waals surface area (Å²) in [5, 5.41) is 25.2. The first-order valence-electron chi connectivity index (χ1n) is 9.27. The number of carbonyl (C=O) groups excluding carboxylic acids is 1. The lowest BCUT2D eigenvalue weighted by molar-refractivity contribution is -0.157. The van der Waals surface area contributed by atoms with Crippen LogP contribution < -0.4 is 5.32 Å². The van der Waals surface area contributed by atoms with E-state index in [2.05, 4.69) is 16.3 Å². The van der Waals surface area contributed by atoms with Gasteiger partial charge in [0.25, 0.3) is 0 Å². The zero-order valence-electron chi connectivity index (χ0n) is 15.0. The SMILES string of the molecule is COC(=O)C1=C2Nc3ccccc3C23CCN2C[C@@](O)([C@H](C)O)[C@@H]1C[C@H]23. The number of rotatable bonds is 2. The molecule has 26 heavy (non-hydrogen) atoms. The fourth-order valence-electron chi connectivity index (χ4n) is 5.95. The van der Waals surface area contributed by atoms with Gasteiger partial charge >= 0.3 is 5.97 Å². The molecule has 3 N–H and O–H groups in total. The number of nitrogens with zero attached hydrogens (tertiary/aromatic N) is 1. The number of piperidine rings is 1. The highest BCUT2D eigenvalue weighted by Gasteiger charge is 2.66. The average Bonchev–Trinajstić information content (AvgIpc) is 3.18. The summed E-state index contributed by atoms with van der Waals surface area (Å²) in [5.74, 6) is -0.859. The predicted octanol–water partition coefficient (Wildman–Crippen LogP) is 0.997. The molecule has 3 aliphatic heterocycles. The summed E-state index contributed by atoms with van der Waals surface area (Å²) >= 11 is 0. The fourth-order valence-corrected chi connectivity index (χ4v) is 5.95. The molecule has 3 heterocycles. The van der Waals surface area contributed by atoms with E-state index in [4.69, 9.17) is 4.74 Å².